The van der Waals surface area contributed by atoms with Gasteiger partial charge < -0.3 is 0 Å². The van der Waals surface area contributed by atoms with Crippen molar-refractivity contribution in [2.45, 2.75) is 64.1 Å². The molecule has 1 aliphatic rings. The van der Waals surface area contributed by atoms with Gasteiger partial charge in [0.25, 0.3) is 0 Å². The Labute approximate surface area is 154 Å². The maximum atomic E-state index is 13.1. The maximum absolute atomic E-state index is 13.1. The lowest BCUT2D eigenvalue weighted by molar-refractivity contribution is 0.436. The van der Waals surface area contributed by atoms with Crippen molar-refractivity contribution in [2.24, 2.45) is 5.92 Å². The third-order valence-corrected chi connectivity index (χ3v) is 9.35. The van der Waals surface area contributed by atoms with Crippen LogP contribution in [0.5, 0.6) is 0 Å². The van der Waals surface area contributed by atoms with Crippen molar-refractivity contribution in [3.05, 3.63) is 59.4 Å². The van der Waals surface area contributed by atoms with Crippen molar-refractivity contribution >= 4 is 8.80 Å². The van der Waals surface area contributed by atoms with E-state index in [9.17, 15) is 4.39 Å². The predicted octanol–water partition coefficient (Wildman–Crippen LogP) is 7.05. The zero-order valence-electron chi connectivity index (χ0n) is 15.8. The summed E-state index contributed by atoms with van der Waals surface area (Å²) in [6.45, 7) is 7.00. The van der Waals surface area contributed by atoms with Crippen molar-refractivity contribution in [2.75, 3.05) is 0 Å². The van der Waals surface area contributed by atoms with E-state index in [1.807, 2.05) is 12.1 Å². The van der Waals surface area contributed by atoms with Crippen molar-refractivity contribution in [1.29, 1.82) is 0 Å². The van der Waals surface area contributed by atoms with Gasteiger partial charge >= 0.3 is 0 Å². The Hall–Kier alpha value is -1.41. The van der Waals surface area contributed by atoms with Gasteiger partial charge in [0.05, 0.1) is 8.80 Å². The molecule has 0 spiro atoms. The fraction of sp³-hybridized carbons (Fsp3) is 0.478. The highest BCUT2D eigenvalue weighted by molar-refractivity contribution is 6.60. The summed E-state index contributed by atoms with van der Waals surface area (Å²) in [5.41, 5.74) is 6.00. The van der Waals surface area contributed by atoms with Gasteiger partial charge in [-0.1, -0.05) is 74.7 Å². The highest BCUT2D eigenvalue weighted by atomic mass is 28.3. The molecule has 133 valence electrons. The lowest BCUT2D eigenvalue weighted by Crippen LogP contribution is -2.24. The summed E-state index contributed by atoms with van der Waals surface area (Å²) in [5, 5.41) is 0. The average molecular weight is 354 g/mol. The molecule has 3 rings (SSSR count). The number of benzene rings is 2. The van der Waals surface area contributed by atoms with E-state index < -0.39 is 0 Å². The fourth-order valence-corrected chi connectivity index (χ4v) is 7.08. The number of rotatable bonds is 5. The van der Waals surface area contributed by atoms with Gasteiger partial charge in [-0.15, -0.1) is 0 Å². The third kappa shape index (κ3) is 4.82. The van der Waals surface area contributed by atoms with Crippen molar-refractivity contribution in [3.63, 3.8) is 0 Å². The van der Waals surface area contributed by atoms with Crippen LogP contribution in [0.1, 0.15) is 44.2 Å². The Morgan fingerprint density at radius 2 is 1.72 bits per heavy atom. The van der Waals surface area contributed by atoms with Gasteiger partial charge in [-0.2, -0.15) is 0 Å². The van der Waals surface area contributed by atoms with Gasteiger partial charge in [-0.3, -0.25) is 0 Å². The summed E-state index contributed by atoms with van der Waals surface area (Å²) in [5.74, 6) is 0.761. The third-order valence-electron chi connectivity index (χ3n) is 5.85. The first kappa shape index (κ1) is 18.4. The van der Waals surface area contributed by atoms with Crippen LogP contribution in [-0.4, -0.2) is 8.80 Å². The molecule has 1 radical (unpaired) electrons. The lowest BCUT2D eigenvalue weighted by atomic mass is 9.92. The van der Waals surface area contributed by atoms with E-state index in [4.69, 9.17) is 0 Å². The molecule has 0 atom stereocenters. The minimum atomic E-state index is -0.174. The first-order chi connectivity index (χ1) is 12.0. The highest BCUT2D eigenvalue weighted by Gasteiger charge is 2.24. The molecule has 0 unspecified atom stereocenters. The smallest absolute Gasteiger partial charge is 0.123 e. The standard InChI is InChI=1S/C23H30FSi/c1-17(2)25-14-12-19(13-15-25)4-5-20-6-11-23(18(3)16-20)21-7-9-22(24)10-8-21/h6-11,16-17,19H,4-5,12-15H2,1-3H3. The molecule has 1 aliphatic heterocycles. The highest BCUT2D eigenvalue weighted by Crippen LogP contribution is 2.33. The Bertz CT molecular complexity index is 682. The van der Waals surface area contributed by atoms with Crippen molar-refractivity contribution in [1.82, 2.24) is 0 Å². The first-order valence-corrected chi connectivity index (χ1v) is 11.7. The number of aryl methyl sites for hydroxylation is 2. The molecule has 1 fully saturated rings. The predicted molar refractivity (Wildman–Crippen MR) is 108 cm³/mol. The van der Waals surface area contributed by atoms with Crippen LogP contribution in [0, 0.1) is 18.7 Å². The summed E-state index contributed by atoms with van der Waals surface area (Å²) in [4.78, 5) is 0. The van der Waals surface area contributed by atoms with Crippen molar-refractivity contribution < 1.29 is 4.39 Å². The molecule has 0 saturated carbocycles. The van der Waals surface area contributed by atoms with E-state index in [1.54, 1.807) is 12.1 Å². The van der Waals surface area contributed by atoms with Gasteiger partial charge in [-0.25, -0.2) is 4.39 Å². The molecule has 0 N–H and O–H groups in total. The van der Waals surface area contributed by atoms with E-state index in [1.165, 1.54) is 54.5 Å². The fourth-order valence-electron chi connectivity index (χ4n) is 4.12. The topological polar surface area (TPSA) is 0 Å². The molecule has 0 aliphatic carbocycles. The lowest BCUT2D eigenvalue weighted by Gasteiger charge is -2.29. The molecular weight excluding hydrogens is 323 g/mol. The van der Waals surface area contributed by atoms with E-state index >= 15 is 0 Å². The van der Waals surface area contributed by atoms with Crippen LogP contribution in [0.15, 0.2) is 42.5 Å². The van der Waals surface area contributed by atoms with Crippen LogP contribution in [0.4, 0.5) is 4.39 Å². The second-order valence-electron chi connectivity index (χ2n) is 7.95. The van der Waals surface area contributed by atoms with Crippen LogP contribution in [0.25, 0.3) is 11.1 Å². The molecule has 0 amide bonds. The molecule has 25 heavy (non-hydrogen) atoms. The summed E-state index contributed by atoms with van der Waals surface area (Å²) < 4.78 is 13.1. The van der Waals surface area contributed by atoms with E-state index in [0.717, 1.165) is 17.0 Å². The summed E-state index contributed by atoms with van der Waals surface area (Å²) in [7, 11) is -0.0518. The van der Waals surface area contributed by atoms with E-state index in [-0.39, 0.29) is 14.6 Å². The Morgan fingerprint density at radius 3 is 2.32 bits per heavy atom. The molecule has 2 heteroatoms. The van der Waals surface area contributed by atoms with Gasteiger partial charge in [0.1, 0.15) is 5.82 Å². The SMILES string of the molecule is Cc1cc(CCC2CC[Si](C(C)C)CC2)ccc1-c1ccc(F)cc1. The summed E-state index contributed by atoms with van der Waals surface area (Å²) in [6, 6.07) is 16.7. The van der Waals surface area contributed by atoms with Gasteiger partial charge in [-0.05, 0) is 60.1 Å². The molecule has 0 bridgehead atoms. The molecule has 0 aromatic heterocycles. The van der Waals surface area contributed by atoms with Crippen LogP contribution in [0.2, 0.25) is 17.6 Å². The average Bonchev–Trinajstić information content (AvgIpc) is 2.61. The largest absolute Gasteiger partial charge is 0.207 e. The number of hydrogen-bond acceptors (Lipinski definition) is 0. The second-order valence-corrected chi connectivity index (χ2v) is 11.4. The maximum Gasteiger partial charge on any atom is 0.123 e. The van der Waals surface area contributed by atoms with Gasteiger partial charge in [0.2, 0.25) is 0 Å². The Kier molecular flexibility index (Phi) is 6.11. The second kappa shape index (κ2) is 8.31. The molecule has 2 aromatic rings. The zero-order chi connectivity index (χ0) is 17.8. The minimum absolute atomic E-state index is 0.0518. The number of hydrogen-bond donors (Lipinski definition) is 0. The van der Waals surface area contributed by atoms with Crippen LogP contribution in [-0.2, 0) is 6.42 Å². The zero-order valence-corrected chi connectivity index (χ0v) is 16.8. The molecule has 2 aromatic carbocycles. The summed E-state index contributed by atoms with van der Waals surface area (Å²) in [6.07, 6.45) is 5.44. The number of halogens is 1. The molecule has 0 nitrogen and oxygen atoms in total. The van der Waals surface area contributed by atoms with Crippen LogP contribution in [0.3, 0.4) is 0 Å². The van der Waals surface area contributed by atoms with Crippen LogP contribution < -0.4 is 0 Å². The van der Waals surface area contributed by atoms with E-state index in [2.05, 4.69) is 39.0 Å². The molecule has 1 saturated heterocycles. The van der Waals surface area contributed by atoms with Crippen LogP contribution >= 0.6 is 0 Å². The summed E-state index contributed by atoms with van der Waals surface area (Å²) >= 11 is 0. The normalized spacial score (nSPS) is 16.5. The Balaban J connectivity index is 1.57. The van der Waals surface area contributed by atoms with Crippen molar-refractivity contribution in [3.8, 4) is 11.1 Å². The van der Waals surface area contributed by atoms with Gasteiger partial charge in [0, 0.05) is 0 Å². The minimum Gasteiger partial charge on any atom is -0.207 e. The first-order valence-electron chi connectivity index (χ1n) is 9.73. The molecular formula is C23H30FSi. The Morgan fingerprint density at radius 1 is 1.04 bits per heavy atom. The quantitative estimate of drug-likeness (QED) is 0.505. The van der Waals surface area contributed by atoms with E-state index in [0.29, 0.717) is 0 Å². The van der Waals surface area contributed by atoms with Gasteiger partial charge in [0.15, 0.2) is 0 Å². The monoisotopic (exact) mass is 353 g/mol. The molecule has 1 heterocycles.